The molecule has 0 aliphatic carbocycles. The fourth-order valence-electron chi connectivity index (χ4n) is 3.19. The van der Waals surface area contributed by atoms with Crippen LogP contribution in [0.3, 0.4) is 0 Å². The van der Waals surface area contributed by atoms with E-state index < -0.39 is 0 Å². The highest BCUT2D eigenvalue weighted by Gasteiger charge is 2.37. The molecule has 2 fully saturated rings. The lowest BCUT2D eigenvalue weighted by Gasteiger charge is -2.24. The number of piperidine rings is 1. The number of amides is 1. The van der Waals surface area contributed by atoms with Gasteiger partial charge in [-0.3, -0.25) is 9.48 Å². The summed E-state index contributed by atoms with van der Waals surface area (Å²) in [6.45, 7) is 4.73. The van der Waals surface area contributed by atoms with E-state index >= 15 is 0 Å². The molecule has 2 saturated heterocycles. The second-order valence-electron chi connectivity index (χ2n) is 5.47. The van der Waals surface area contributed by atoms with Crippen LogP contribution in [0.25, 0.3) is 0 Å². The Hall–Kier alpha value is -1.36. The molecule has 18 heavy (non-hydrogen) atoms. The van der Waals surface area contributed by atoms with Crippen molar-refractivity contribution in [3.63, 3.8) is 0 Å². The highest BCUT2D eigenvalue weighted by molar-refractivity contribution is 5.95. The van der Waals surface area contributed by atoms with E-state index in [0.717, 1.165) is 30.9 Å². The van der Waals surface area contributed by atoms with Gasteiger partial charge in [-0.15, -0.1) is 0 Å². The van der Waals surface area contributed by atoms with Crippen LogP contribution in [0.15, 0.2) is 6.20 Å². The lowest BCUT2D eigenvalue weighted by atomic mass is 9.94. The molecule has 2 atom stereocenters. The molecule has 5 nitrogen and oxygen atoms in total. The van der Waals surface area contributed by atoms with Crippen LogP contribution >= 0.6 is 0 Å². The largest absolute Gasteiger partial charge is 0.337 e. The summed E-state index contributed by atoms with van der Waals surface area (Å²) in [6.07, 6.45) is 4.30. The quantitative estimate of drug-likeness (QED) is 0.789. The van der Waals surface area contributed by atoms with Crippen molar-refractivity contribution in [2.24, 2.45) is 13.0 Å². The average Bonchev–Trinajstić information content (AvgIpc) is 2.91. The summed E-state index contributed by atoms with van der Waals surface area (Å²) in [6, 6.07) is 0.500. The number of fused-ring (bicyclic) bond motifs is 1. The van der Waals surface area contributed by atoms with Crippen LogP contribution in [-0.2, 0) is 7.05 Å². The number of rotatable bonds is 1. The molecule has 0 bridgehead atoms. The van der Waals surface area contributed by atoms with E-state index in [1.807, 2.05) is 25.1 Å². The number of carbonyl (C=O) groups is 1. The Morgan fingerprint density at radius 2 is 2.33 bits per heavy atom. The van der Waals surface area contributed by atoms with Crippen LogP contribution in [0.4, 0.5) is 0 Å². The first-order valence-corrected chi connectivity index (χ1v) is 6.68. The number of aromatic nitrogens is 2. The van der Waals surface area contributed by atoms with Gasteiger partial charge in [-0.25, -0.2) is 0 Å². The third kappa shape index (κ3) is 1.92. The van der Waals surface area contributed by atoms with Crippen molar-refractivity contribution in [1.82, 2.24) is 20.0 Å². The molecule has 2 unspecified atom stereocenters. The average molecular weight is 248 g/mol. The third-order valence-corrected chi connectivity index (χ3v) is 4.13. The van der Waals surface area contributed by atoms with Gasteiger partial charge in [-0.05, 0) is 32.2 Å². The molecular weight excluding hydrogens is 228 g/mol. The molecule has 0 saturated carbocycles. The standard InChI is InChI=1S/C13H20N4O/c1-9-11(7-16(2)15-9)13(18)17-6-10-4-3-5-14-12(10)8-17/h7,10,12,14H,3-6,8H2,1-2H3. The Balaban J connectivity index is 1.76. The number of hydrogen-bond acceptors (Lipinski definition) is 3. The first-order valence-electron chi connectivity index (χ1n) is 6.68. The summed E-state index contributed by atoms with van der Waals surface area (Å²) in [4.78, 5) is 14.5. The minimum absolute atomic E-state index is 0.136. The number of likely N-dealkylation sites (tertiary alicyclic amines) is 1. The molecular formula is C13H20N4O. The second kappa shape index (κ2) is 4.39. The van der Waals surface area contributed by atoms with E-state index in [-0.39, 0.29) is 5.91 Å². The summed E-state index contributed by atoms with van der Waals surface area (Å²) in [7, 11) is 1.86. The number of aryl methyl sites for hydroxylation is 2. The molecule has 5 heteroatoms. The number of hydrogen-bond donors (Lipinski definition) is 1. The highest BCUT2D eigenvalue weighted by atomic mass is 16.2. The minimum Gasteiger partial charge on any atom is -0.337 e. The second-order valence-corrected chi connectivity index (χ2v) is 5.47. The summed E-state index contributed by atoms with van der Waals surface area (Å²) in [5, 5.41) is 7.77. The van der Waals surface area contributed by atoms with Crippen molar-refractivity contribution in [3.05, 3.63) is 17.5 Å². The Morgan fingerprint density at radius 1 is 1.50 bits per heavy atom. The van der Waals surface area contributed by atoms with Gasteiger partial charge in [-0.2, -0.15) is 5.10 Å². The van der Waals surface area contributed by atoms with E-state index in [2.05, 4.69) is 10.4 Å². The van der Waals surface area contributed by atoms with Crippen molar-refractivity contribution in [1.29, 1.82) is 0 Å². The highest BCUT2D eigenvalue weighted by Crippen LogP contribution is 2.26. The van der Waals surface area contributed by atoms with Crippen LogP contribution in [-0.4, -0.2) is 46.3 Å². The van der Waals surface area contributed by atoms with Gasteiger partial charge in [0.05, 0.1) is 11.3 Å². The summed E-state index contributed by atoms with van der Waals surface area (Å²) in [5.74, 6) is 0.775. The lowest BCUT2D eigenvalue weighted by molar-refractivity contribution is 0.0785. The molecule has 2 aliphatic rings. The first-order chi connectivity index (χ1) is 8.65. The van der Waals surface area contributed by atoms with E-state index in [1.165, 1.54) is 12.8 Å². The molecule has 1 aromatic rings. The Labute approximate surface area is 107 Å². The van der Waals surface area contributed by atoms with Gasteiger partial charge in [0.1, 0.15) is 0 Å². The van der Waals surface area contributed by atoms with Crippen LogP contribution in [0.2, 0.25) is 0 Å². The van der Waals surface area contributed by atoms with Gasteiger partial charge in [0.25, 0.3) is 5.91 Å². The van der Waals surface area contributed by atoms with Gasteiger partial charge < -0.3 is 10.2 Å². The lowest BCUT2D eigenvalue weighted by Crippen LogP contribution is -2.41. The van der Waals surface area contributed by atoms with Crippen molar-refractivity contribution in [2.45, 2.75) is 25.8 Å². The molecule has 1 aromatic heterocycles. The fourth-order valence-corrected chi connectivity index (χ4v) is 3.19. The van der Waals surface area contributed by atoms with Crippen molar-refractivity contribution < 1.29 is 4.79 Å². The van der Waals surface area contributed by atoms with E-state index in [0.29, 0.717) is 12.0 Å². The van der Waals surface area contributed by atoms with Gasteiger partial charge >= 0.3 is 0 Å². The predicted molar refractivity (Wildman–Crippen MR) is 68.4 cm³/mol. The molecule has 2 aliphatic heterocycles. The summed E-state index contributed by atoms with van der Waals surface area (Å²) < 4.78 is 1.71. The monoisotopic (exact) mass is 248 g/mol. The SMILES string of the molecule is Cc1nn(C)cc1C(=O)N1CC2CCCNC2C1. The smallest absolute Gasteiger partial charge is 0.257 e. The zero-order chi connectivity index (χ0) is 12.7. The van der Waals surface area contributed by atoms with Crippen molar-refractivity contribution >= 4 is 5.91 Å². The zero-order valence-electron chi connectivity index (χ0n) is 11.0. The molecule has 3 heterocycles. The van der Waals surface area contributed by atoms with Gasteiger partial charge in [0.2, 0.25) is 0 Å². The third-order valence-electron chi connectivity index (χ3n) is 4.13. The molecule has 1 N–H and O–H groups in total. The number of nitrogens with zero attached hydrogens (tertiary/aromatic N) is 3. The van der Waals surface area contributed by atoms with Gasteiger partial charge in [0, 0.05) is 32.4 Å². The van der Waals surface area contributed by atoms with E-state index in [9.17, 15) is 4.79 Å². The molecule has 3 rings (SSSR count). The Kier molecular flexibility index (Phi) is 2.86. The molecule has 1 amide bonds. The summed E-state index contributed by atoms with van der Waals surface area (Å²) in [5.41, 5.74) is 1.57. The molecule has 0 spiro atoms. The fraction of sp³-hybridized carbons (Fsp3) is 0.692. The van der Waals surface area contributed by atoms with E-state index in [1.54, 1.807) is 4.68 Å². The predicted octanol–water partition coefficient (Wildman–Crippen LogP) is 0.553. The van der Waals surface area contributed by atoms with Gasteiger partial charge in [0.15, 0.2) is 0 Å². The maximum Gasteiger partial charge on any atom is 0.257 e. The maximum atomic E-state index is 12.5. The van der Waals surface area contributed by atoms with Gasteiger partial charge in [-0.1, -0.05) is 0 Å². The molecule has 98 valence electrons. The van der Waals surface area contributed by atoms with Crippen LogP contribution in [0.5, 0.6) is 0 Å². The number of carbonyl (C=O) groups excluding carboxylic acids is 1. The number of nitrogens with one attached hydrogen (secondary N) is 1. The first kappa shape index (κ1) is 11.7. The maximum absolute atomic E-state index is 12.5. The minimum atomic E-state index is 0.136. The Bertz CT molecular complexity index is 454. The zero-order valence-corrected chi connectivity index (χ0v) is 11.0. The molecule has 0 radical (unpaired) electrons. The van der Waals surface area contributed by atoms with Crippen LogP contribution in [0, 0.1) is 12.8 Å². The van der Waals surface area contributed by atoms with Crippen LogP contribution < -0.4 is 5.32 Å². The topological polar surface area (TPSA) is 50.2 Å². The van der Waals surface area contributed by atoms with Crippen LogP contribution in [0.1, 0.15) is 28.9 Å². The molecule has 0 aromatic carbocycles. The Morgan fingerprint density at radius 3 is 3.00 bits per heavy atom. The van der Waals surface area contributed by atoms with Crippen molar-refractivity contribution in [2.75, 3.05) is 19.6 Å². The van der Waals surface area contributed by atoms with E-state index in [4.69, 9.17) is 0 Å². The normalized spacial score (nSPS) is 27.3. The summed E-state index contributed by atoms with van der Waals surface area (Å²) >= 11 is 0. The van der Waals surface area contributed by atoms with Crippen molar-refractivity contribution in [3.8, 4) is 0 Å².